The van der Waals surface area contributed by atoms with Crippen molar-refractivity contribution in [2.45, 2.75) is 18.7 Å². The van der Waals surface area contributed by atoms with E-state index in [1.807, 2.05) is 19.9 Å². The Morgan fingerprint density at radius 1 is 0.968 bits per heavy atom. The van der Waals surface area contributed by atoms with Gasteiger partial charge in [0.2, 0.25) is 0 Å². The SMILES string of the molecule is Cc1ccc(NS(=O)(=O)c2ccc(OCC(=O)N(C)c3ccc(F)cc3)cc2)cc1C. The Bertz CT molecular complexity index is 1180. The van der Waals surface area contributed by atoms with Gasteiger partial charge >= 0.3 is 0 Å². The standard InChI is InChI=1S/C23H23FN2O4S/c1-16-4-7-19(14-17(16)2)25-31(28,29)22-12-10-21(11-13-22)30-15-23(27)26(3)20-8-5-18(24)6-9-20/h4-14,25H,15H2,1-3H3. The van der Waals surface area contributed by atoms with Crippen LogP contribution in [0.1, 0.15) is 11.1 Å². The molecule has 1 amide bonds. The van der Waals surface area contributed by atoms with Crippen molar-refractivity contribution in [2.75, 3.05) is 23.3 Å². The third-order valence-corrected chi connectivity index (χ3v) is 6.24. The van der Waals surface area contributed by atoms with E-state index in [9.17, 15) is 17.6 Å². The molecule has 0 saturated heterocycles. The van der Waals surface area contributed by atoms with Crippen LogP contribution in [-0.4, -0.2) is 28.0 Å². The molecule has 0 bridgehead atoms. The Morgan fingerprint density at radius 3 is 2.23 bits per heavy atom. The molecule has 3 aromatic rings. The maximum atomic E-state index is 13.0. The van der Waals surface area contributed by atoms with Crippen molar-refractivity contribution in [3.05, 3.63) is 83.7 Å². The molecule has 162 valence electrons. The topological polar surface area (TPSA) is 75.7 Å². The average molecular weight is 443 g/mol. The van der Waals surface area contributed by atoms with Crippen LogP contribution in [0.2, 0.25) is 0 Å². The van der Waals surface area contributed by atoms with Crippen molar-refractivity contribution < 1.29 is 22.3 Å². The van der Waals surface area contributed by atoms with Crippen LogP contribution in [-0.2, 0) is 14.8 Å². The van der Waals surface area contributed by atoms with E-state index < -0.39 is 10.0 Å². The minimum atomic E-state index is -3.76. The average Bonchev–Trinajstić information content (AvgIpc) is 2.75. The van der Waals surface area contributed by atoms with Crippen molar-refractivity contribution in [2.24, 2.45) is 0 Å². The summed E-state index contributed by atoms with van der Waals surface area (Å²) in [6, 6.07) is 16.7. The van der Waals surface area contributed by atoms with Crippen LogP contribution in [0.15, 0.2) is 71.6 Å². The Balaban J connectivity index is 1.62. The summed E-state index contributed by atoms with van der Waals surface area (Å²) in [4.78, 5) is 13.7. The van der Waals surface area contributed by atoms with E-state index in [0.717, 1.165) is 11.1 Å². The molecule has 0 aliphatic carbocycles. The third-order valence-electron chi connectivity index (χ3n) is 4.84. The molecular formula is C23H23FN2O4S. The van der Waals surface area contributed by atoms with E-state index in [1.54, 1.807) is 19.2 Å². The van der Waals surface area contributed by atoms with Crippen LogP contribution in [0, 0.1) is 19.7 Å². The van der Waals surface area contributed by atoms with Crippen LogP contribution in [0.5, 0.6) is 5.75 Å². The molecule has 0 aliphatic heterocycles. The van der Waals surface area contributed by atoms with E-state index >= 15 is 0 Å². The number of nitrogens with one attached hydrogen (secondary N) is 1. The Kier molecular flexibility index (Phi) is 6.60. The molecule has 31 heavy (non-hydrogen) atoms. The number of sulfonamides is 1. The number of ether oxygens (including phenoxy) is 1. The van der Waals surface area contributed by atoms with E-state index in [-0.39, 0.29) is 23.2 Å². The Hall–Kier alpha value is -3.39. The molecule has 6 nitrogen and oxygen atoms in total. The monoisotopic (exact) mass is 442 g/mol. The van der Waals surface area contributed by atoms with Gasteiger partial charge in [0.25, 0.3) is 15.9 Å². The Morgan fingerprint density at radius 2 is 1.61 bits per heavy atom. The minimum absolute atomic E-state index is 0.0767. The summed E-state index contributed by atoms with van der Waals surface area (Å²) < 4.78 is 46.3. The first kappa shape index (κ1) is 22.3. The smallest absolute Gasteiger partial charge is 0.264 e. The Labute approximate surface area is 181 Å². The third kappa shape index (κ3) is 5.61. The van der Waals surface area contributed by atoms with Gasteiger partial charge in [0.05, 0.1) is 4.90 Å². The highest BCUT2D eigenvalue weighted by atomic mass is 32.2. The summed E-state index contributed by atoms with van der Waals surface area (Å²) in [5.74, 6) is -0.367. The summed E-state index contributed by atoms with van der Waals surface area (Å²) in [7, 11) is -2.19. The van der Waals surface area contributed by atoms with Crippen LogP contribution in [0.4, 0.5) is 15.8 Å². The number of likely N-dealkylation sites (N-methyl/N-ethyl adjacent to an activating group) is 1. The summed E-state index contributed by atoms with van der Waals surface area (Å²) in [6.45, 7) is 3.61. The largest absolute Gasteiger partial charge is 0.484 e. The fourth-order valence-electron chi connectivity index (χ4n) is 2.78. The number of carbonyl (C=O) groups excluding carboxylic acids is 1. The molecule has 8 heteroatoms. The van der Waals surface area contributed by atoms with Crippen molar-refractivity contribution >= 4 is 27.3 Å². The number of hydrogen-bond acceptors (Lipinski definition) is 4. The highest BCUT2D eigenvalue weighted by Gasteiger charge is 2.16. The first-order valence-corrected chi connectivity index (χ1v) is 11.0. The van der Waals surface area contributed by atoms with Gasteiger partial charge in [-0.15, -0.1) is 0 Å². The first-order chi connectivity index (χ1) is 14.7. The zero-order valence-electron chi connectivity index (χ0n) is 17.4. The summed E-state index contributed by atoms with van der Waals surface area (Å²) in [5, 5.41) is 0. The lowest BCUT2D eigenvalue weighted by molar-refractivity contribution is -0.120. The number of hydrogen-bond donors (Lipinski definition) is 1. The molecular weight excluding hydrogens is 419 g/mol. The molecule has 0 spiro atoms. The highest BCUT2D eigenvalue weighted by Crippen LogP contribution is 2.21. The van der Waals surface area contributed by atoms with Gasteiger partial charge in [-0.3, -0.25) is 9.52 Å². The first-order valence-electron chi connectivity index (χ1n) is 9.51. The van der Waals surface area contributed by atoms with Gasteiger partial charge in [0.15, 0.2) is 6.61 Å². The molecule has 0 heterocycles. The second-order valence-corrected chi connectivity index (χ2v) is 8.78. The summed E-state index contributed by atoms with van der Waals surface area (Å²) >= 11 is 0. The van der Waals surface area contributed by atoms with Crippen molar-refractivity contribution in [1.29, 1.82) is 0 Å². The van der Waals surface area contributed by atoms with Gasteiger partial charge in [-0.05, 0) is 85.6 Å². The van der Waals surface area contributed by atoms with Crippen molar-refractivity contribution in [1.82, 2.24) is 0 Å². The quantitative estimate of drug-likeness (QED) is 0.592. The number of amides is 1. The molecule has 0 aromatic heterocycles. The second-order valence-electron chi connectivity index (χ2n) is 7.09. The van der Waals surface area contributed by atoms with Crippen LogP contribution in [0.3, 0.4) is 0 Å². The normalized spacial score (nSPS) is 11.1. The number of benzene rings is 3. The molecule has 0 aliphatic rings. The van der Waals surface area contributed by atoms with Gasteiger partial charge in [0.1, 0.15) is 11.6 Å². The predicted molar refractivity (Wildman–Crippen MR) is 118 cm³/mol. The van der Waals surface area contributed by atoms with Gasteiger partial charge in [-0.25, -0.2) is 12.8 Å². The second kappa shape index (κ2) is 9.18. The summed E-state index contributed by atoms with van der Waals surface area (Å²) in [5.41, 5.74) is 3.08. The number of carbonyl (C=O) groups is 1. The van der Waals surface area contributed by atoms with Crippen molar-refractivity contribution in [3.8, 4) is 5.75 Å². The van der Waals surface area contributed by atoms with Gasteiger partial charge in [-0.1, -0.05) is 6.07 Å². The molecule has 0 unspecified atom stereocenters. The fourth-order valence-corrected chi connectivity index (χ4v) is 3.83. The van der Waals surface area contributed by atoms with Gasteiger partial charge < -0.3 is 9.64 Å². The van der Waals surface area contributed by atoms with E-state index in [1.165, 1.54) is 53.4 Å². The van der Waals surface area contributed by atoms with Gasteiger partial charge in [-0.2, -0.15) is 0 Å². The molecule has 3 rings (SSSR count). The lowest BCUT2D eigenvalue weighted by Gasteiger charge is -2.17. The number of aryl methyl sites for hydroxylation is 2. The zero-order chi connectivity index (χ0) is 22.6. The maximum Gasteiger partial charge on any atom is 0.264 e. The van der Waals surface area contributed by atoms with Crippen molar-refractivity contribution in [3.63, 3.8) is 0 Å². The predicted octanol–water partition coefficient (Wildman–Crippen LogP) is 4.29. The minimum Gasteiger partial charge on any atom is -0.484 e. The van der Waals surface area contributed by atoms with E-state index in [2.05, 4.69) is 4.72 Å². The molecule has 0 atom stereocenters. The van der Waals surface area contributed by atoms with Gasteiger partial charge in [0, 0.05) is 18.4 Å². The van der Waals surface area contributed by atoms with E-state index in [0.29, 0.717) is 17.1 Å². The summed E-state index contributed by atoms with van der Waals surface area (Å²) in [6.07, 6.45) is 0. The van der Waals surface area contributed by atoms with Crippen LogP contribution >= 0.6 is 0 Å². The highest BCUT2D eigenvalue weighted by molar-refractivity contribution is 7.92. The molecule has 1 N–H and O–H groups in total. The van der Waals surface area contributed by atoms with Crippen LogP contribution < -0.4 is 14.4 Å². The molecule has 3 aromatic carbocycles. The lowest BCUT2D eigenvalue weighted by atomic mass is 10.1. The van der Waals surface area contributed by atoms with Crippen LogP contribution in [0.25, 0.3) is 0 Å². The number of nitrogens with zero attached hydrogens (tertiary/aromatic N) is 1. The molecule has 0 radical (unpaired) electrons. The maximum absolute atomic E-state index is 13.0. The number of rotatable bonds is 7. The lowest BCUT2D eigenvalue weighted by Crippen LogP contribution is -2.31. The molecule has 0 fully saturated rings. The zero-order valence-corrected chi connectivity index (χ0v) is 18.2. The molecule has 0 saturated carbocycles. The number of anilines is 2. The number of halogens is 1. The fraction of sp³-hybridized carbons (Fsp3) is 0.174. The van der Waals surface area contributed by atoms with E-state index in [4.69, 9.17) is 4.74 Å².